The lowest BCUT2D eigenvalue weighted by atomic mass is 10.1. The number of phenols is 1. The van der Waals surface area contributed by atoms with E-state index in [2.05, 4.69) is 15.2 Å². The molecule has 8 heteroatoms. The van der Waals surface area contributed by atoms with Crippen LogP contribution in [0.4, 0.5) is 10.6 Å². The molecule has 2 N–H and O–H groups in total. The van der Waals surface area contributed by atoms with Crippen molar-refractivity contribution in [1.29, 1.82) is 0 Å². The number of urea groups is 1. The molecular formula is C19H23ClN4O3. The maximum Gasteiger partial charge on any atom is 0.317 e. The predicted octanol–water partition coefficient (Wildman–Crippen LogP) is 2.52. The van der Waals surface area contributed by atoms with Gasteiger partial charge in [-0.15, -0.1) is 0 Å². The Bertz CT molecular complexity index is 777. The smallest absolute Gasteiger partial charge is 0.317 e. The number of ether oxygens (including phenoxy) is 1. The summed E-state index contributed by atoms with van der Waals surface area (Å²) in [6.07, 6.45) is 2.30. The van der Waals surface area contributed by atoms with E-state index in [1.165, 1.54) is 7.11 Å². The van der Waals surface area contributed by atoms with E-state index in [0.29, 0.717) is 36.8 Å². The minimum Gasteiger partial charge on any atom is -0.504 e. The molecule has 1 saturated heterocycles. The number of halogens is 1. The molecule has 144 valence electrons. The molecule has 1 aromatic carbocycles. The summed E-state index contributed by atoms with van der Waals surface area (Å²) in [5, 5.41) is 13.2. The first kappa shape index (κ1) is 19.1. The zero-order chi connectivity index (χ0) is 19.2. The normalized spacial score (nSPS) is 14.1. The van der Waals surface area contributed by atoms with Crippen molar-refractivity contribution >= 4 is 23.4 Å². The molecule has 1 fully saturated rings. The van der Waals surface area contributed by atoms with Crippen LogP contribution in [-0.2, 0) is 6.42 Å². The number of hydrogen-bond donors (Lipinski definition) is 2. The van der Waals surface area contributed by atoms with Crippen molar-refractivity contribution < 1.29 is 14.6 Å². The van der Waals surface area contributed by atoms with Crippen LogP contribution in [0, 0.1) is 0 Å². The Balaban J connectivity index is 1.44. The van der Waals surface area contributed by atoms with Crippen LogP contribution in [0.3, 0.4) is 0 Å². The number of rotatable bonds is 5. The van der Waals surface area contributed by atoms with Gasteiger partial charge in [0.25, 0.3) is 0 Å². The van der Waals surface area contributed by atoms with Gasteiger partial charge in [0.1, 0.15) is 5.82 Å². The van der Waals surface area contributed by atoms with Crippen LogP contribution in [-0.4, -0.2) is 60.9 Å². The number of pyridine rings is 1. The van der Waals surface area contributed by atoms with Gasteiger partial charge in [-0.2, -0.15) is 0 Å². The second-order valence-corrected chi connectivity index (χ2v) is 6.73. The molecular weight excluding hydrogens is 368 g/mol. The number of phenolic OH excluding ortho intramolecular Hbond substituents is 1. The number of aromatic nitrogens is 1. The number of carbonyl (C=O) groups is 1. The van der Waals surface area contributed by atoms with Crippen molar-refractivity contribution in [3.63, 3.8) is 0 Å². The molecule has 27 heavy (non-hydrogen) atoms. The average molecular weight is 391 g/mol. The molecule has 3 rings (SSSR count). The number of nitrogens with one attached hydrogen (secondary N) is 1. The zero-order valence-corrected chi connectivity index (χ0v) is 15.9. The molecule has 0 unspecified atom stereocenters. The van der Waals surface area contributed by atoms with Gasteiger partial charge in [0.15, 0.2) is 11.5 Å². The number of anilines is 1. The summed E-state index contributed by atoms with van der Waals surface area (Å²) in [4.78, 5) is 20.6. The van der Waals surface area contributed by atoms with Crippen LogP contribution < -0.4 is 15.0 Å². The van der Waals surface area contributed by atoms with Gasteiger partial charge >= 0.3 is 6.03 Å². The summed E-state index contributed by atoms with van der Waals surface area (Å²) in [7, 11) is 1.51. The monoisotopic (exact) mass is 390 g/mol. The molecule has 7 nitrogen and oxygen atoms in total. The summed E-state index contributed by atoms with van der Waals surface area (Å²) in [5.74, 6) is 1.42. The fourth-order valence-corrected chi connectivity index (χ4v) is 3.11. The molecule has 2 aromatic rings. The third-order valence-corrected chi connectivity index (χ3v) is 4.76. The van der Waals surface area contributed by atoms with Gasteiger partial charge in [-0.05, 0) is 36.2 Å². The third kappa shape index (κ3) is 4.95. The molecule has 2 amide bonds. The SMILES string of the molecule is COc1cc(CCNC(=O)N2CCN(c3ccc(Cl)cn3)CC2)ccc1O. The third-order valence-electron chi connectivity index (χ3n) is 4.54. The van der Waals surface area contributed by atoms with E-state index in [-0.39, 0.29) is 11.8 Å². The second kappa shape index (κ2) is 8.81. The number of hydrogen-bond acceptors (Lipinski definition) is 5. The maximum atomic E-state index is 12.4. The van der Waals surface area contributed by atoms with Gasteiger partial charge < -0.3 is 25.0 Å². The van der Waals surface area contributed by atoms with Gasteiger partial charge in [-0.25, -0.2) is 9.78 Å². The van der Waals surface area contributed by atoms with Gasteiger partial charge in [0.05, 0.1) is 12.1 Å². The first-order valence-electron chi connectivity index (χ1n) is 8.82. The van der Waals surface area contributed by atoms with Crippen LogP contribution >= 0.6 is 11.6 Å². The minimum absolute atomic E-state index is 0.0653. The highest BCUT2D eigenvalue weighted by molar-refractivity contribution is 6.30. The number of piperazine rings is 1. The lowest BCUT2D eigenvalue weighted by Crippen LogP contribution is -2.52. The minimum atomic E-state index is -0.0653. The first-order valence-corrected chi connectivity index (χ1v) is 9.20. The number of aromatic hydroxyl groups is 1. The molecule has 0 atom stereocenters. The van der Waals surface area contributed by atoms with E-state index >= 15 is 0 Å². The standard InChI is InChI=1S/C19H23ClN4O3/c1-27-17-12-14(2-4-16(17)25)6-7-21-19(26)24-10-8-23(9-11-24)18-5-3-15(20)13-22-18/h2-5,12-13,25H,6-11H2,1H3,(H,21,26). The second-order valence-electron chi connectivity index (χ2n) is 6.30. The Morgan fingerprint density at radius 2 is 2.04 bits per heavy atom. The summed E-state index contributed by atoms with van der Waals surface area (Å²) in [6, 6.07) is 8.84. The first-order chi connectivity index (χ1) is 13.1. The van der Waals surface area contributed by atoms with Crippen LogP contribution in [0.2, 0.25) is 5.02 Å². The van der Waals surface area contributed by atoms with E-state index in [9.17, 15) is 9.90 Å². The highest BCUT2D eigenvalue weighted by Crippen LogP contribution is 2.26. The van der Waals surface area contributed by atoms with Crippen molar-refractivity contribution in [2.24, 2.45) is 0 Å². The molecule has 0 spiro atoms. The Morgan fingerprint density at radius 1 is 1.26 bits per heavy atom. The summed E-state index contributed by atoms with van der Waals surface area (Å²) < 4.78 is 5.10. The molecule has 0 aliphatic carbocycles. The molecule has 0 bridgehead atoms. The van der Waals surface area contributed by atoms with E-state index in [1.54, 1.807) is 18.3 Å². The highest BCUT2D eigenvalue weighted by Gasteiger charge is 2.21. The summed E-state index contributed by atoms with van der Waals surface area (Å²) in [5.41, 5.74) is 0.989. The van der Waals surface area contributed by atoms with Crippen LogP contribution in [0.15, 0.2) is 36.5 Å². The van der Waals surface area contributed by atoms with Crippen molar-refractivity contribution in [3.05, 3.63) is 47.1 Å². The zero-order valence-electron chi connectivity index (χ0n) is 15.2. The van der Waals surface area contributed by atoms with Crippen LogP contribution in [0.5, 0.6) is 11.5 Å². The molecule has 0 radical (unpaired) electrons. The van der Waals surface area contributed by atoms with Crippen molar-refractivity contribution in [1.82, 2.24) is 15.2 Å². The van der Waals surface area contributed by atoms with E-state index in [1.807, 2.05) is 23.1 Å². The van der Waals surface area contributed by atoms with Gasteiger partial charge in [0.2, 0.25) is 0 Å². The Kier molecular flexibility index (Phi) is 6.24. The van der Waals surface area contributed by atoms with E-state index in [0.717, 1.165) is 24.5 Å². The van der Waals surface area contributed by atoms with Crippen molar-refractivity contribution in [2.45, 2.75) is 6.42 Å². The van der Waals surface area contributed by atoms with E-state index < -0.39 is 0 Å². The quantitative estimate of drug-likeness (QED) is 0.820. The number of methoxy groups -OCH3 is 1. The fourth-order valence-electron chi connectivity index (χ4n) is 3.00. The topological polar surface area (TPSA) is 77.9 Å². The highest BCUT2D eigenvalue weighted by atomic mass is 35.5. The largest absolute Gasteiger partial charge is 0.504 e. The molecule has 1 aromatic heterocycles. The summed E-state index contributed by atoms with van der Waals surface area (Å²) >= 11 is 5.87. The Labute approximate surface area is 163 Å². The Hall–Kier alpha value is -2.67. The van der Waals surface area contributed by atoms with E-state index in [4.69, 9.17) is 16.3 Å². The summed E-state index contributed by atoms with van der Waals surface area (Å²) in [6.45, 7) is 3.27. The van der Waals surface area contributed by atoms with Crippen LogP contribution in [0.25, 0.3) is 0 Å². The predicted molar refractivity (Wildman–Crippen MR) is 105 cm³/mol. The average Bonchev–Trinajstić information content (AvgIpc) is 2.70. The lowest BCUT2D eigenvalue weighted by molar-refractivity contribution is 0.194. The van der Waals surface area contributed by atoms with Gasteiger partial charge in [-0.1, -0.05) is 17.7 Å². The molecule has 2 heterocycles. The number of carbonyl (C=O) groups excluding carboxylic acids is 1. The van der Waals surface area contributed by atoms with Crippen LogP contribution in [0.1, 0.15) is 5.56 Å². The molecule has 1 aliphatic rings. The lowest BCUT2D eigenvalue weighted by Gasteiger charge is -2.35. The number of benzene rings is 1. The van der Waals surface area contributed by atoms with Crippen molar-refractivity contribution in [2.75, 3.05) is 44.7 Å². The number of nitrogens with zero attached hydrogens (tertiary/aromatic N) is 3. The number of amides is 2. The van der Waals surface area contributed by atoms with Gasteiger partial charge in [-0.3, -0.25) is 0 Å². The van der Waals surface area contributed by atoms with Crippen molar-refractivity contribution in [3.8, 4) is 11.5 Å². The Morgan fingerprint density at radius 3 is 2.70 bits per heavy atom. The molecule has 0 saturated carbocycles. The fraction of sp³-hybridized carbons (Fsp3) is 0.368. The molecule has 1 aliphatic heterocycles. The van der Waals surface area contributed by atoms with Gasteiger partial charge in [0, 0.05) is 38.9 Å². The maximum absolute atomic E-state index is 12.4.